The normalized spacial score (nSPS) is 15.5. The van der Waals surface area contributed by atoms with E-state index in [2.05, 4.69) is 65.3 Å². The van der Waals surface area contributed by atoms with E-state index in [1.807, 2.05) is 37.3 Å². The molecule has 12 nitrogen and oxygen atoms in total. The second-order valence-electron chi connectivity index (χ2n) is 13.7. The number of unbranched alkanes of at least 4 members (excludes halogenated alkanes) is 2. The lowest BCUT2D eigenvalue weighted by Gasteiger charge is -2.27. The molecule has 0 radical (unpaired) electrons. The zero-order chi connectivity index (χ0) is 38.2. The lowest BCUT2D eigenvalue weighted by atomic mass is 9.78. The van der Waals surface area contributed by atoms with Crippen LogP contribution in [0.3, 0.4) is 0 Å². The Balaban J connectivity index is 0.910. The Kier molecular flexibility index (Phi) is 11.7. The van der Waals surface area contributed by atoms with Gasteiger partial charge >= 0.3 is 0 Å². The lowest BCUT2D eigenvalue weighted by Crippen LogP contribution is -2.54. The van der Waals surface area contributed by atoms with Crippen molar-refractivity contribution in [3.8, 4) is 11.5 Å². The smallest absolute Gasteiger partial charge is 0.262 e. The number of carbonyl (C=O) groups excluding carboxylic acids is 4. The van der Waals surface area contributed by atoms with Crippen molar-refractivity contribution in [3.63, 3.8) is 0 Å². The summed E-state index contributed by atoms with van der Waals surface area (Å²) in [6.45, 7) is 12.2. The quantitative estimate of drug-likeness (QED) is 0.0705. The highest BCUT2D eigenvalue weighted by atomic mass is 16.5. The second kappa shape index (κ2) is 16.7. The van der Waals surface area contributed by atoms with Crippen molar-refractivity contribution >= 4 is 35.1 Å². The van der Waals surface area contributed by atoms with Gasteiger partial charge in [0.25, 0.3) is 11.8 Å². The van der Waals surface area contributed by atoms with E-state index in [0.717, 1.165) is 52.6 Å². The largest absolute Gasteiger partial charge is 0.494 e. The maximum absolute atomic E-state index is 13.1. The van der Waals surface area contributed by atoms with Gasteiger partial charge in [-0.3, -0.25) is 29.4 Å². The standard InChI is InChI=1S/C42H45N5O7/c1-5-52-27(2)38-44-23-21-31(45-38)26-54-33-16-11-29(12-17-33)42(3,4)28-9-14-32(15-10-28)53-24-8-6-7-22-43-30-13-18-34-35(25-30)41(51)47(40(34)50)36-19-20-37(48)46-39(36)49/h9-18,21,23,25,36,43H,2,5-8,19-20,22,24,26H2,1,3-4H3,(H,46,48,49). The van der Waals surface area contributed by atoms with E-state index in [9.17, 15) is 19.2 Å². The minimum absolute atomic E-state index is 0.0861. The molecular formula is C42H45N5O7. The summed E-state index contributed by atoms with van der Waals surface area (Å²) in [5.41, 5.74) is 4.07. The van der Waals surface area contributed by atoms with Crippen molar-refractivity contribution in [2.24, 2.45) is 0 Å². The molecule has 1 atom stereocenters. The molecular weight excluding hydrogens is 686 g/mol. The highest BCUT2D eigenvalue weighted by Crippen LogP contribution is 2.34. The fraction of sp³-hybridized carbons (Fsp3) is 0.333. The molecule has 0 spiro atoms. The molecule has 2 N–H and O–H groups in total. The van der Waals surface area contributed by atoms with Gasteiger partial charge in [0.2, 0.25) is 11.8 Å². The van der Waals surface area contributed by atoms with Crippen LogP contribution in [-0.4, -0.2) is 64.3 Å². The van der Waals surface area contributed by atoms with Crippen LogP contribution in [0.4, 0.5) is 5.69 Å². The third-order valence-corrected chi connectivity index (χ3v) is 9.68. The van der Waals surface area contributed by atoms with E-state index < -0.39 is 29.7 Å². The van der Waals surface area contributed by atoms with Gasteiger partial charge in [0.1, 0.15) is 24.1 Å². The fourth-order valence-corrected chi connectivity index (χ4v) is 6.52. The number of hydrogen-bond acceptors (Lipinski definition) is 10. The van der Waals surface area contributed by atoms with Crippen molar-refractivity contribution < 1.29 is 33.4 Å². The zero-order valence-corrected chi connectivity index (χ0v) is 30.9. The minimum atomic E-state index is -0.977. The molecule has 1 aromatic heterocycles. The van der Waals surface area contributed by atoms with E-state index in [0.29, 0.717) is 37.9 Å². The summed E-state index contributed by atoms with van der Waals surface area (Å²) in [4.78, 5) is 59.5. The SMILES string of the molecule is C=C(OCC)c1nccc(COc2ccc(C(C)(C)c3ccc(OCCCCCNc4ccc5c(c4)C(=O)N(C4CCC(=O)NC4=O)C5=O)cc3)cc2)n1. The fourth-order valence-electron chi connectivity index (χ4n) is 6.52. The molecule has 2 aliphatic heterocycles. The Bertz CT molecular complexity index is 2030. The summed E-state index contributed by atoms with van der Waals surface area (Å²) in [7, 11) is 0. The maximum Gasteiger partial charge on any atom is 0.262 e. The number of rotatable bonds is 17. The third kappa shape index (κ3) is 8.60. The molecule has 1 unspecified atom stereocenters. The van der Waals surface area contributed by atoms with Crippen LogP contribution in [-0.2, 0) is 26.3 Å². The summed E-state index contributed by atoms with van der Waals surface area (Å²) in [5.74, 6) is 0.407. The molecule has 1 saturated heterocycles. The summed E-state index contributed by atoms with van der Waals surface area (Å²) >= 11 is 0. The zero-order valence-electron chi connectivity index (χ0n) is 30.9. The lowest BCUT2D eigenvalue weighted by molar-refractivity contribution is -0.136. The first-order chi connectivity index (χ1) is 26.0. The predicted octanol–water partition coefficient (Wildman–Crippen LogP) is 6.45. The van der Waals surface area contributed by atoms with Crippen LogP contribution in [0.15, 0.2) is 85.6 Å². The third-order valence-electron chi connectivity index (χ3n) is 9.68. The number of hydrogen-bond donors (Lipinski definition) is 2. The van der Waals surface area contributed by atoms with Crippen LogP contribution >= 0.6 is 0 Å². The number of amides is 4. The summed E-state index contributed by atoms with van der Waals surface area (Å²) < 4.78 is 17.4. The molecule has 0 aliphatic carbocycles. The van der Waals surface area contributed by atoms with Crippen molar-refractivity contribution in [2.45, 2.75) is 70.9 Å². The van der Waals surface area contributed by atoms with Gasteiger partial charge in [-0.15, -0.1) is 0 Å². The Morgan fingerprint density at radius 3 is 2.26 bits per heavy atom. The Morgan fingerprint density at radius 2 is 1.57 bits per heavy atom. The highest BCUT2D eigenvalue weighted by Gasteiger charge is 2.44. The Morgan fingerprint density at radius 1 is 0.889 bits per heavy atom. The number of anilines is 1. The van der Waals surface area contributed by atoms with E-state index in [1.54, 1.807) is 24.4 Å². The van der Waals surface area contributed by atoms with Gasteiger partial charge < -0.3 is 19.5 Å². The van der Waals surface area contributed by atoms with Gasteiger partial charge in [-0.25, -0.2) is 9.97 Å². The monoisotopic (exact) mass is 731 g/mol. The van der Waals surface area contributed by atoms with Crippen LogP contribution < -0.4 is 20.1 Å². The highest BCUT2D eigenvalue weighted by molar-refractivity contribution is 6.23. The maximum atomic E-state index is 13.1. The molecule has 280 valence electrons. The van der Waals surface area contributed by atoms with Crippen LogP contribution in [0.5, 0.6) is 11.5 Å². The number of nitrogens with one attached hydrogen (secondary N) is 2. The first kappa shape index (κ1) is 37.7. The van der Waals surface area contributed by atoms with Gasteiger partial charge in [0.05, 0.1) is 30.0 Å². The van der Waals surface area contributed by atoms with E-state index in [-0.39, 0.29) is 29.4 Å². The molecule has 1 fully saturated rings. The molecule has 54 heavy (non-hydrogen) atoms. The van der Waals surface area contributed by atoms with E-state index in [4.69, 9.17) is 14.2 Å². The first-order valence-corrected chi connectivity index (χ1v) is 18.3. The number of carbonyl (C=O) groups is 4. The van der Waals surface area contributed by atoms with Gasteiger partial charge in [-0.1, -0.05) is 44.7 Å². The molecule has 6 rings (SSSR count). The number of piperidine rings is 1. The number of fused-ring (bicyclic) bond motifs is 1. The minimum Gasteiger partial charge on any atom is -0.494 e. The van der Waals surface area contributed by atoms with Crippen LogP contribution in [0.25, 0.3) is 5.76 Å². The topological polar surface area (TPSA) is 149 Å². The van der Waals surface area contributed by atoms with Gasteiger partial charge in [-0.05, 0) is 92.3 Å². The van der Waals surface area contributed by atoms with Gasteiger partial charge in [-0.2, -0.15) is 0 Å². The molecule has 4 amide bonds. The molecule has 4 aromatic rings. The van der Waals surface area contributed by atoms with Crippen molar-refractivity contribution in [2.75, 3.05) is 25.1 Å². The summed E-state index contributed by atoms with van der Waals surface area (Å²) in [6.07, 6.45) is 4.59. The average molecular weight is 732 g/mol. The predicted molar refractivity (Wildman–Crippen MR) is 203 cm³/mol. The van der Waals surface area contributed by atoms with Crippen LogP contribution in [0, 0.1) is 0 Å². The van der Waals surface area contributed by atoms with E-state index >= 15 is 0 Å². The van der Waals surface area contributed by atoms with Gasteiger partial charge in [0.15, 0.2) is 11.6 Å². The first-order valence-electron chi connectivity index (χ1n) is 18.3. The molecule has 0 bridgehead atoms. The van der Waals surface area contributed by atoms with Gasteiger partial charge in [0, 0.05) is 30.3 Å². The molecule has 2 aliphatic rings. The number of imide groups is 2. The molecule has 12 heteroatoms. The van der Waals surface area contributed by atoms with Crippen LogP contribution in [0.2, 0.25) is 0 Å². The average Bonchev–Trinajstić information content (AvgIpc) is 3.42. The molecule has 0 saturated carbocycles. The summed E-state index contributed by atoms with van der Waals surface area (Å²) in [5, 5.41) is 5.54. The number of ether oxygens (including phenoxy) is 3. The van der Waals surface area contributed by atoms with E-state index in [1.165, 1.54) is 5.56 Å². The van der Waals surface area contributed by atoms with Crippen molar-refractivity contribution in [3.05, 3.63) is 119 Å². The summed E-state index contributed by atoms with van der Waals surface area (Å²) in [6, 6.07) is 22.2. The second-order valence-corrected chi connectivity index (χ2v) is 13.7. The Hall–Kier alpha value is -6.04. The van der Waals surface area contributed by atoms with Crippen molar-refractivity contribution in [1.82, 2.24) is 20.2 Å². The number of nitrogens with zero attached hydrogens (tertiary/aromatic N) is 3. The van der Waals surface area contributed by atoms with Crippen molar-refractivity contribution in [1.29, 1.82) is 0 Å². The number of aromatic nitrogens is 2. The Labute approximate surface area is 314 Å². The molecule has 3 heterocycles. The van der Waals surface area contributed by atoms with Crippen LogP contribution in [0.1, 0.15) is 96.2 Å². The molecule has 3 aromatic carbocycles. The number of benzene rings is 3.